The van der Waals surface area contributed by atoms with Gasteiger partial charge in [0.15, 0.2) is 0 Å². The Bertz CT molecular complexity index is 1520. The predicted molar refractivity (Wildman–Crippen MR) is 374 cm³/mol. The largest absolute Gasteiger partial charge is 0.394 e. The summed E-state index contributed by atoms with van der Waals surface area (Å²) in [5, 5.41) is 19.3. The summed E-state index contributed by atoms with van der Waals surface area (Å²) in [7, 11) is 0. The van der Waals surface area contributed by atoms with Crippen LogP contribution in [0, 0.1) is 0 Å². The molecule has 0 amide bonds. The van der Waals surface area contributed by atoms with Crippen molar-refractivity contribution in [3.63, 3.8) is 0 Å². The van der Waals surface area contributed by atoms with Crippen molar-refractivity contribution in [3.8, 4) is 0 Å². The number of aliphatic hydroxyl groups excluding tert-OH is 2. The van der Waals surface area contributed by atoms with E-state index in [0.29, 0.717) is 396 Å². The highest BCUT2D eigenvalue weighted by Crippen LogP contribution is 2.01. The molecule has 0 aliphatic carbocycles. The van der Waals surface area contributed by atoms with Crippen LogP contribution in [0.15, 0.2) is 0 Å². The SMILES string of the molecule is OCCOCCOCCOCCOCCOCCOCCOCCOCCOCC1COCCOCCOCCOCCOCCOCCOCCOCCOCCOCCOCCOCCOCCCOCCOCCOCCOCCOCCOCCOCCOCCOCCOCC(O)CO1. The van der Waals surface area contributed by atoms with Gasteiger partial charge in [0.05, 0.1) is 423 Å². The quantitative estimate of drug-likeness (QED) is 0.0946. The minimum Gasteiger partial charge on any atom is -0.394 e. The van der Waals surface area contributed by atoms with Crippen LogP contribution in [-0.2, 0) is 156 Å². The van der Waals surface area contributed by atoms with Crippen molar-refractivity contribution in [2.75, 3.05) is 436 Å². The maximum absolute atomic E-state index is 10.6. The topological polar surface area (TPSA) is 345 Å². The first kappa shape index (κ1) is 101. The summed E-state index contributed by atoms with van der Waals surface area (Å²) in [4.78, 5) is 0. The van der Waals surface area contributed by atoms with E-state index in [9.17, 15) is 5.11 Å². The Balaban J connectivity index is 2.27. The molecule has 1 rings (SSSR count). The van der Waals surface area contributed by atoms with E-state index in [4.69, 9.17) is 161 Å². The zero-order valence-electron chi connectivity index (χ0n) is 62.9. The van der Waals surface area contributed by atoms with Crippen LogP contribution < -0.4 is 0 Å². The fourth-order valence-corrected chi connectivity index (χ4v) is 7.79. The molecule has 1 aliphatic rings. The van der Waals surface area contributed by atoms with E-state index >= 15 is 0 Å². The van der Waals surface area contributed by atoms with Crippen LogP contribution in [-0.4, -0.2) is 458 Å². The first-order chi connectivity index (χ1) is 51.8. The summed E-state index contributed by atoms with van der Waals surface area (Å²) in [6.45, 7) is 27.7. The molecule has 0 aromatic rings. The van der Waals surface area contributed by atoms with Crippen molar-refractivity contribution in [1.29, 1.82) is 0 Å². The highest BCUT2D eigenvalue weighted by Gasteiger charge is 2.15. The van der Waals surface area contributed by atoms with Crippen molar-refractivity contribution >= 4 is 0 Å². The van der Waals surface area contributed by atoms with Gasteiger partial charge < -0.3 is 167 Å². The maximum Gasteiger partial charge on any atom is 0.104 e. The van der Waals surface area contributed by atoms with Crippen molar-refractivity contribution in [1.82, 2.24) is 0 Å². The average Bonchev–Trinajstić information content (AvgIpc) is 2.49. The van der Waals surface area contributed by atoms with Gasteiger partial charge in [0, 0.05) is 13.2 Å². The van der Waals surface area contributed by atoms with Crippen LogP contribution in [0.3, 0.4) is 0 Å². The molecule has 2 N–H and O–H groups in total. The zero-order chi connectivity index (χ0) is 73.9. The molecule has 1 heterocycles. The van der Waals surface area contributed by atoms with Gasteiger partial charge in [0.2, 0.25) is 0 Å². The molecule has 2 atom stereocenters. The second-order valence-electron chi connectivity index (χ2n) is 21.7. The lowest BCUT2D eigenvalue weighted by atomic mass is 10.3. The van der Waals surface area contributed by atoms with Crippen molar-refractivity contribution in [2.45, 2.75) is 18.6 Å². The highest BCUT2D eigenvalue weighted by atomic mass is 16.6. The van der Waals surface area contributed by atoms with Crippen LogP contribution in [0.2, 0.25) is 0 Å². The van der Waals surface area contributed by atoms with E-state index in [1.165, 1.54) is 0 Å². The Hall–Kier alpha value is -1.40. The molecule has 624 valence electrons. The minimum atomic E-state index is -0.883. The van der Waals surface area contributed by atoms with Crippen LogP contribution in [0.25, 0.3) is 0 Å². The second kappa shape index (κ2) is 94.0. The Morgan fingerprint density at radius 1 is 0.183 bits per heavy atom. The first-order valence-electron chi connectivity index (χ1n) is 37.2. The normalized spacial score (nSPS) is 22.0. The van der Waals surface area contributed by atoms with E-state index < -0.39 is 12.2 Å². The molecule has 0 aromatic heterocycles. The molecular formula is C69H138O35. The van der Waals surface area contributed by atoms with Gasteiger partial charge in [-0.2, -0.15) is 0 Å². The summed E-state index contributed by atoms with van der Waals surface area (Å²) >= 11 is 0. The number of hydrogen-bond donors (Lipinski definition) is 2. The fourth-order valence-electron chi connectivity index (χ4n) is 7.79. The van der Waals surface area contributed by atoms with Crippen molar-refractivity contribution < 1.29 is 167 Å². The molecule has 1 saturated heterocycles. The second-order valence-corrected chi connectivity index (χ2v) is 21.7. The summed E-state index contributed by atoms with van der Waals surface area (Å²) in [6, 6.07) is 0. The van der Waals surface area contributed by atoms with Crippen LogP contribution >= 0.6 is 0 Å². The monoisotopic (exact) mass is 1530 g/mol. The lowest BCUT2D eigenvalue weighted by Crippen LogP contribution is -2.32. The van der Waals surface area contributed by atoms with Crippen molar-refractivity contribution in [2.24, 2.45) is 0 Å². The average molecular weight is 1530 g/mol. The highest BCUT2D eigenvalue weighted by molar-refractivity contribution is 4.60. The predicted octanol–water partition coefficient (Wildman–Crippen LogP) is -0.340. The third-order valence-electron chi connectivity index (χ3n) is 13.0. The lowest BCUT2D eigenvalue weighted by molar-refractivity contribution is -0.103. The van der Waals surface area contributed by atoms with Gasteiger partial charge in [-0.1, -0.05) is 0 Å². The molecule has 104 heavy (non-hydrogen) atoms. The Kier molecular flexibility index (Phi) is 90.9. The van der Waals surface area contributed by atoms with Crippen LogP contribution in [0.5, 0.6) is 0 Å². The summed E-state index contributed by atoms with van der Waals surface area (Å²) in [5.41, 5.74) is 0. The lowest BCUT2D eigenvalue weighted by Gasteiger charge is -2.20. The van der Waals surface area contributed by atoms with E-state index in [2.05, 4.69) is 0 Å². The van der Waals surface area contributed by atoms with Gasteiger partial charge in [0.25, 0.3) is 0 Å². The Morgan fingerprint density at radius 2 is 0.346 bits per heavy atom. The summed E-state index contributed by atoms with van der Waals surface area (Å²) in [5.74, 6) is 0. The minimum absolute atomic E-state index is 0.00413. The number of hydrogen-bond acceptors (Lipinski definition) is 35. The molecule has 35 nitrogen and oxygen atoms in total. The van der Waals surface area contributed by atoms with Gasteiger partial charge in [-0.05, 0) is 6.42 Å². The van der Waals surface area contributed by atoms with Gasteiger partial charge in [-0.25, -0.2) is 0 Å². The maximum atomic E-state index is 10.6. The number of rotatable bonds is 28. The third kappa shape index (κ3) is 89.5. The molecule has 0 spiro atoms. The Labute approximate surface area is 619 Å². The molecule has 0 saturated carbocycles. The third-order valence-corrected chi connectivity index (χ3v) is 13.0. The van der Waals surface area contributed by atoms with E-state index in [0.717, 1.165) is 6.42 Å². The molecule has 1 fully saturated rings. The van der Waals surface area contributed by atoms with Crippen molar-refractivity contribution in [3.05, 3.63) is 0 Å². The molecule has 0 aromatic carbocycles. The molecule has 2 unspecified atom stereocenters. The summed E-state index contributed by atoms with van der Waals surface area (Å²) in [6.07, 6.45) is -0.563. The Morgan fingerprint density at radius 3 is 0.548 bits per heavy atom. The standard InChI is InChI=1S/C69H138O35/c70-2-5-74-8-11-77-14-17-80-20-23-83-26-29-89-41-44-93-47-50-96-53-56-99-59-62-102-66-69-67-103-63-60-100-57-54-97-51-48-94-45-42-91-39-37-88-35-34-87-33-32-86-31-30-84-27-24-81-21-18-78-15-12-75-9-6-72-3-1-4-73-7-10-76-13-16-79-19-22-82-25-28-85-36-38-90-40-43-92-46-49-95-52-55-98-58-61-101-64-68(71)65-104-69/h68-71H,1-67H2. The van der Waals surface area contributed by atoms with E-state index in [1.54, 1.807) is 0 Å². The molecule has 35 heteroatoms. The molecule has 0 bridgehead atoms. The first-order valence-corrected chi connectivity index (χ1v) is 37.2. The smallest absolute Gasteiger partial charge is 0.104 e. The van der Waals surface area contributed by atoms with Gasteiger partial charge in [0.1, 0.15) is 12.2 Å². The zero-order valence-corrected chi connectivity index (χ0v) is 62.9. The van der Waals surface area contributed by atoms with E-state index in [-0.39, 0.29) is 39.6 Å². The number of aliphatic hydroxyl groups is 2. The molecule has 1 aliphatic heterocycles. The van der Waals surface area contributed by atoms with Gasteiger partial charge in [-0.3, -0.25) is 0 Å². The van der Waals surface area contributed by atoms with Gasteiger partial charge >= 0.3 is 0 Å². The fraction of sp³-hybridized carbons (Fsp3) is 1.00. The summed E-state index contributed by atoms with van der Waals surface area (Å²) < 4.78 is 184. The van der Waals surface area contributed by atoms with Crippen LogP contribution in [0.4, 0.5) is 0 Å². The number of ether oxygens (including phenoxy) is 33. The van der Waals surface area contributed by atoms with Gasteiger partial charge in [-0.15, -0.1) is 0 Å². The van der Waals surface area contributed by atoms with E-state index in [1.807, 2.05) is 0 Å². The molecule has 0 radical (unpaired) electrons. The van der Waals surface area contributed by atoms with Crippen LogP contribution in [0.1, 0.15) is 6.42 Å². The molecular weight excluding hydrogens is 1390 g/mol.